The number of likely N-dealkylation sites (N-methyl/N-ethyl adjacent to an activating group) is 1. The minimum Gasteiger partial charge on any atom is -0.490 e. The second-order valence-electron chi connectivity index (χ2n) is 8.82. The molecule has 174 valence electrons. The van der Waals surface area contributed by atoms with Gasteiger partial charge in [0.15, 0.2) is 0 Å². The van der Waals surface area contributed by atoms with Crippen molar-refractivity contribution in [3.05, 3.63) is 23.8 Å². The van der Waals surface area contributed by atoms with Crippen LogP contribution in [0.1, 0.15) is 49.4 Å². The highest BCUT2D eigenvalue weighted by Crippen LogP contribution is 2.32. The molecule has 4 rings (SSSR count). The van der Waals surface area contributed by atoms with E-state index >= 15 is 0 Å². The van der Waals surface area contributed by atoms with Gasteiger partial charge in [-0.25, -0.2) is 4.79 Å². The van der Waals surface area contributed by atoms with Gasteiger partial charge in [0.1, 0.15) is 18.5 Å². The van der Waals surface area contributed by atoms with Gasteiger partial charge in [0, 0.05) is 25.8 Å². The fraction of sp³-hybridized carbons (Fsp3) is 0.609. The largest absolute Gasteiger partial charge is 0.490 e. The maximum absolute atomic E-state index is 13.2. The summed E-state index contributed by atoms with van der Waals surface area (Å²) in [6.07, 6.45) is 3.70. The zero-order chi connectivity index (χ0) is 22.7. The first-order valence-corrected chi connectivity index (χ1v) is 11.5. The molecule has 3 N–H and O–H groups in total. The predicted octanol–water partition coefficient (Wildman–Crippen LogP) is 2.12. The van der Waals surface area contributed by atoms with Crippen LogP contribution >= 0.6 is 0 Å². The summed E-state index contributed by atoms with van der Waals surface area (Å²) >= 11 is 0. The molecule has 0 aromatic heterocycles. The van der Waals surface area contributed by atoms with Crippen molar-refractivity contribution in [3.63, 3.8) is 0 Å². The van der Waals surface area contributed by atoms with Crippen LogP contribution in [0.4, 0.5) is 10.5 Å². The van der Waals surface area contributed by atoms with Crippen molar-refractivity contribution < 1.29 is 23.9 Å². The van der Waals surface area contributed by atoms with Crippen molar-refractivity contribution in [1.82, 2.24) is 15.5 Å². The Morgan fingerprint density at radius 2 is 1.97 bits per heavy atom. The number of anilines is 1. The number of ether oxygens (including phenoxy) is 2. The fourth-order valence-corrected chi connectivity index (χ4v) is 4.30. The van der Waals surface area contributed by atoms with E-state index in [2.05, 4.69) is 16.0 Å². The van der Waals surface area contributed by atoms with Crippen molar-refractivity contribution >= 4 is 23.5 Å². The van der Waals surface area contributed by atoms with E-state index in [0.717, 1.165) is 13.0 Å². The molecular weight excluding hydrogens is 412 g/mol. The molecule has 2 fully saturated rings. The Morgan fingerprint density at radius 3 is 2.72 bits per heavy atom. The second kappa shape index (κ2) is 9.77. The first-order valence-electron chi connectivity index (χ1n) is 11.5. The molecule has 1 saturated heterocycles. The van der Waals surface area contributed by atoms with E-state index in [-0.39, 0.29) is 36.1 Å². The van der Waals surface area contributed by atoms with E-state index in [1.807, 2.05) is 6.92 Å². The third-order valence-corrected chi connectivity index (χ3v) is 6.30. The standard InChI is InChI=1S/C23H32N4O5/c1-3-24-23(30)26-15-6-9-19-17(10-15)22(29)27(2)18-8-7-16(32-20(18)13-31-19)11-21(28)25-12-14-4-5-14/h6,9-10,14,16,18,20H,3-5,7-8,11-13H2,1-2H3,(H,25,28)(H2,24,26,30)/t16-,18+,20+/m0/s1. The van der Waals surface area contributed by atoms with Crippen LogP contribution in [0.5, 0.6) is 5.75 Å². The summed E-state index contributed by atoms with van der Waals surface area (Å²) in [6, 6.07) is 4.57. The molecule has 9 heteroatoms. The van der Waals surface area contributed by atoms with Crippen molar-refractivity contribution in [1.29, 1.82) is 0 Å². The number of urea groups is 1. The Balaban J connectivity index is 1.41. The Hall–Kier alpha value is -2.81. The lowest BCUT2D eigenvalue weighted by Gasteiger charge is -2.42. The number of rotatable bonds is 6. The van der Waals surface area contributed by atoms with Gasteiger partial charge in [0.2, 0.25) is 5.91 Å². The summed E-state index contributed by atoms with van der Waals surface area (Å²) in [4.78, 5) is 39.0. The van der Waals surface area contributed by atoms with E-state index < -0.39 is 0 Å². The zero-order valence-electron chi connectivity index (χ0n) is 18.7. The highest BCUT2D eigenvalue weighted by Gasteiger charge is 2.39. The van der Waals surface area contributed by atoms with Crippen LogP contribution < -0.4 is 20.7 Å². The van der Waals surface area contributed by atoms with Gasteiger partial charge in [-0.1, -0.05) is 0 Å². The normalized spacial score (nSPS) is 24.9. The summed E-state index contributed by atoms with van der Waals surface area (Å²) in [5.41, 5.74) is 0.927. The molecule has 0 unspecified atom stereocenters. The fourth-order valence-electron chi connectivity index (χ4n) is 4.30. The maximum Gasteiger partial charge on any atom is 0.319 e. The molecule has 9 nitrogen and oxygen atoms in total. The van der Waals surface area contributed by atoms with Gasteiger partial charge in [0.25, 0.3) is 5.91 Å². The summed E-state index contributed by atoms with van der Waals surface area (Å²) in [6.45, 7) is 3.39. The highest BCUT2D eigenvalue weighted by molar-refractivity contribution is 5.99. The number of hydrogen-bond donors (Lipinski definition) is 3. The molecule has 1 saturated carbocycles. The van der Waals surface area contributed by atoms with Crippen molar-refractivity contribution in [2.75, 3.05) is 32.1 Å². The predicted molar refractivity (Wildman–Crippen MR) is 119 cm³/mol. The molecule has 0 bridgehead atoms. The van der Waals surface area contributed by atoms with E-state index in [0.29, 0.717) is 48.9 Å². The lowest BCUT2D eigenvalue weighted by atomic mass is 9.94. The molecule has 0 radical (unpaired) electrons. The topological polar surface area (TPSA) is 109 Å². The van der Waals surface area contributed by atoms with Crippen molar-refractivity contribution in [2.24, 2.45) is 5.92 Å². The smallest absolute Gasteiger partial charge is 0.319 e. The lowest BCUT2D eigenvalue weighted by molar-refractivity contribution is -0.134. The van der Waals surface area contributed by atoms with Crippen molar-refractivity contribution in [3.8, 4) is 5.75 Å². The number of carbonyl (C=O) groups excluding carboxylic acids is 3. The van der Waals surface area contributed by atoms with Gasteiger partial charge in [-0.2, -0.15) is 0 Å². The number of hydrogen-bond acceptors (Lipinski definition) is 5. The highest BCUT2D eigenvalue weighted by atomic mass is 16.5. The number of nitrogens with one attached hydrogen (secondary N) is 3. The minimum absolute atomic E-state index is 0.0222. The average Bonchev–Trinajstić information content (AvgIpc) is 3.60. The number of fused-ring (bicyclic) bond motifs is 2. The van der Waals surface area contributed by atoms with Crippen LogP contribution in [-0.2, 0) is 9.53 Å². The molecule has 1 aliphatic carbocycles. The van der Waals surface area contributed by atoms with Crippen LogP contribution in [0.25, 0.3) is 0 Å². The third-order valence-electron chi connectivity index (χ3n) is 6.30. The van der Waals surface area contributed by atoms with Crippen LogP contribution in [-0.4, -0.2) is 67.7 Å². The van der Waals surface area contributed by atoms with Gasteiger partial charge >= 0.3 is 6.03 Å². The Bertz CT molecular complexity index is 872. The molecule has 3 atom stereocenters. The summed E-state index contributed by atoms with van der Waals surface area (Å²) < 4.78 is 12.2. The summed E-state index contributed by atoms with van der Waals surface area (Å²) in [7, 11) is 1.77. The molecule has 2 aliphatic heterocycles. The van der Waals surface area contributed by atoms with E-state index in [1.54, 1.807) is 30.1 Å². The van der Waals surface area contributed by atoms with Gasteiger partial charge in [0.05, 0.1) is 24.1 Å². The number of nitrogens with zero attached hydrogens (tertiary/aromatic N) is 1. The van der Waals surface area contributed by atoms with Gasteiger partial charge < -0.3 is 30.3 Å². The molecule has 4 amide bonds. The molecular formula is C23H32N4O5. The van der Waals surface area contributed by atoms with Gasteiger partial charge in [-0.3, -0.25) is 9.59 Å². The number of benzene rings is 1. The monoisotopic (exact) mass is 444 g/mol. The minimum atomic E-state index is -0.326. The van der Waals surface area contributed by atoms with Crippen LogP contribution in [0, 0.1) is 5.92 Å². The summed E-state index contributed by atoms with van der Waals surface area (Å²) in [5, 5.41) is 8.39. The molecule has 1 aromatic carbocycles. The number of amides is 4. The Labute approximate surface area is 188 Å². The van der Waals surface area contributed by atoms with Gasteiger partial charge in [-0.15, -0.1) is 0 Å². The first kappa shape index (κ1) is 22.4. The van der Waals surface area contributed by atoms with Crippen LogP contribution in [0.2, 0.25) is 0 Å². The average molecular weight is 445 g/mol. The van der Waals surface area contributed by atoms with Crippen molar-refractivity contribution in [2.45, 2.75) is 57.3 Å². The molecule has 1 aromatic rings. The second-order valence-corrected chi connectivity index (χ2v) is 8.82. The number of carbonyl (C=O) groups is 3. The summed E-state index contributed by atoms with van der Waals surface area (Å²) in [5.74, 6) is 0.938. The Morgan fingerprint density at radius 1 is 1.16 bits per heavy atom. The van der Waals surface area contributed by atoms with Gasteiger partial charge in [-0.05, 0) is 56.7 Å². The Kier molecular flexibility index (Phi) is 6.83. The quantitative estimate of drug-likeness (QED) is 0.623. The maximum atomic E-state index is 13.2. The van der Waals surface area contributed by atoms with E-state index in [9.17, 15) is 14.4 Å². The van der Waals surface area contributed by atoms with Crippen LogP contribution in [0.3, 0.4) is 0 Å². The van der Waals surface area contributed by atoms with E-state index in [4.69, 9.17) is 9.47 Å². The molecule has 2 heterocycles. The van der Waals surface area contributed by atoms with E-state index in [1.165, 1.54) is 12.8 Å². The molecule has 3 aliphatic rings. The first-order chi connectivity index (χ1) is 15.4. The SMILES string of the molecule is CCNC(=O)Nc1ccc2c(c1)C(=O)N(C)[C@@H]1CC[C@@H](CC(=O)NCC3CC3)O[C@@H]1CO2. The van der Waals surface area contributed by atoms with Crippen LogP contribution in [0.15, 0.2) is 18.2 Å². The third kappa shape index (κ3) is 5.32. The lowest BCUT2D eigenvalue weighted by Crippen LogP contribution is -2.54. The molecule has 0 spiro atoms. The molecule has 32 heavy (non-hydrogen) atoms. The zero-order valence-corrected chi connectivity index (χ0v) is 18.7.